The van der Waals surface area contributed by atoms with Gasteiger partial charge in [0.2, 0.25) is 5.89 Å². The molecule has 3 aromatic heterocycles. The summed E-state index contributed by atoms with van der Waals surface area (Å²) in [6.07, 6.45) is 3.48. The number of anilines is 1. The smallest absolute Gasteiger partial charge is 0.236 e. The number of hydrogen-bond acceptors (Lipinski definition) is 7. The van der Waals surface area contributed by atoms with Crippen molar-refractivity contribution in [3.8, 4) is 10.8 Å². The van der Waals surface area contributed by atoms with Crippen LogP contribution in [-0.4, -0.2) is 47.0 Å². The van der Waals surface area contributed by atoms with E-state index in [1.54, 1.807) is 28.9 Å². The van der Waals surface area contributed by atoms with E-state index < -0.39 is 0 Å². The van der Waals surface area contributed by atoms with Crippen LogP contribution in [0.3, 0.4) is 0 Å². The van der Waals surface area contributed by atoms with Crippen LogP contribution in [0.4, 0.5) is 5.13 Å². The van der Waals surface area contributed by atoms with E-state index in [4.69, 9.17) is 10.2 Å². The number of nitrogens with two attached hydrogens (primary N) is 1. The van der Waals surface area contributed by atoms with E-state index in [0.717, 1.165) is 41.9 Å². The Morgan fingerprint density at radius 3 is 2.84 bits per heavy atom. The number of oxazole rings is 1. The molecule has 9 heteroatoms. The summed E-state index contributed by atoms with van der Waals surface area (Å²) >= 11 is 3.27. The molecule has 0 aromatic carbocycles. The highest BCUT2D eigenvalue weighted by Crippen LogP contribution is 2.24. The number of guanidine groups is 1. The molecule has 1 saturated heterocycles. The van der Waals surface area contributed by atoms with Crippen LogP contribution in [0, 0.1) is 0 Å². The Hall–Kier alpha value is -2.39. The zero-order valence-electron chi connectivity index (χ0n) is 13.5. The zero-order chi connectivity index (χ0) is 17.1. The molecule has 0 radical (unpaired) electrons. The third-order valence-corrected chi connectivity index (χ3v) is 5.67. The Morgan fingerprint density at radius 2 is 2.12 bits per heavy atom. The first kappa shape index (κ1) is 16.1. The predicted octanol–water partition coefficient (Wildman–Crippen LogP) is 2.50. The first-order valence-corrected chi connectivity index (χ1v) is 9.73. The van der Waals surface area contributed by atoms with E-state index >= 15 is 0 Å². The van der Waals surface area contributed by atoms with Crippen molar-refractivity contribution in [3.05, 3.63) is 41.0 Å². The van der Waals surface area contributed by atoms with Crippen LogP contribution < -0.4 is 10.6 Å². The molecule has 4 heterocycles. The molecule has 25 heavy (non-hydrogen) atoms. The maximum atomic E-state index is 6.15. The van der Waals surface area contributed by atoms with Crippen molar-refractivity contribution < 1.29 is 4.42 Å². The van der Waals surface area contributed by atoms with Gasteiger partial charge < -0.3 is 20.0 Å². The van der Waals surface area contributed by atoms with E-state index in [0.29, 0.717) is 18.4 Å². The van der Waals surface area contributed by atoms with Gasteiger partial charge in [0.05, 0.1) is 11.4 Å². The van der Waals surface area contributed by atoms with Crippen LogP contribution in [0.2, 0.25) is 0 Å². The topological polar surface area (TPSA) is 83.8 Å². The fourth-order valence-corrected chi connectivity index (χ4v) is 4.01. The molecule has 0 aliphatic carbocycles. The molecule has 0 saturated carbocycles. The van der Waals surface area contributed by atoms with E-state index in [1.807, 2.05) is 29.1 Å². The summed E-state index contributed by atoms with van der Waals surface area (Å²) in [5.41, 5.74) is 6.93. The SMILES string of the molecule is NC(=NCc1coc(-c2cccs2)n1)N1CCN(c2nccs2)CC1. The lowest BCUT2D eigenvalue weighted by Crippen LogP contribution is -2.51. The van der Waals surface area contributed by atoms with Crippen LogP contribution in [0.1, 0.15) is 5.69 Å². The van der Waals surface area contributed by atoms with Crippen molar-refractivity contribution >= 4 is 33.8 Å². The van der Waals surface area contributed by atoms with Crippen LogP contribution in [0.15, 0.2) is 44.8 Å². The fourth-order valence-electron chi connectivity index (χ4n) is 2.65. The normalized spacial score (nSPS) is 15.8. The van der Waals surface area contributed by atoms with Crippen molar-refractivity contribution in [1.82, 2.24) is 14.9 Å². The molecule has 7 nitrogen and oxygen atoms in total. The Balaban J connectivity index is 1.33. The Labute approximate surface area is 153 Å². The number of thiophene rings is 1. The second-order valence-corrected chi connectivity index (χ2v) is 7.41. The lowest BCUT2D eigenvalue weighted by Gasteiger charge is -2.35. The lowest BCUT2D eigenvalue weighted by molar-refractivity contribution is 0.380. The molecule has 130 valence electrons. The summed E-state index contributed by atoms with van der Waals surface area (Å²) in [4.78, 5) is 18.7. The molecule has 3 aromatic rings. The summed E-state index contributed by atoms with van der Waals surface area (Å²) < 4.78 is 5.51. The number of rotatable bonds is 4. The van der Waals surface area contributed by atoms with Gasteiger partial charge in [0.1, 0.15) is 12.0 Å². The fraction of sp³-hybridized carbons (Fsp3) is 0.312. The van der Waals surface area contributed by atoms with Crippen LogP contribution in [-0.2, 0) is 6.54 Å². The van der Waals surface area contributed by atoms with Gasteiger partial charge in [-0.25, -0.2) is 15.0 Å². The predicted molar refractivity (Wildman–Crippen MR) is 101 cm³/mol. The molecular weight excluding hydrogens is 356 g/mol. The van der Waals surface area contributed by atoms with Gasteiger partial charge in [-0.1, -0.05) is 6.07 Å². The molecule has 1 aliphatic rings. The summed E-state index contributed by atoms with van der Waals surface area (Å²) in [5, 5.41) is 5.07. The minimum Gasteiger partial charge on any atom is -0.443 e. The van der Waals surface area contributed by atoms with Gasteiger partial charge in [-0.15, -0.1) is 22.7 Å². The third kappa shape index (κ3) is 3.67. The molecule has 0 unspecified atom stereocenters. The van der Waals surface area contributed by atoms with Crippen molar-refractivity contribution in [2.24, 2.45) is 10.7 Å². The number of hydrogen-bond donors (Lipinski definition) is 1. The largest absolute Gasteiger partial charge is 0.443 e. The monoisotopic (exact) mass is 374 g/mol. The first-order chi connectivity index (χ1) is 12.3. The molecule has 1 fully saturated rings. The number of thiazole rings is 1. The second-order valence-electron chi connectivity index (χ2n) is 5.58. The highest BCUT2D eigenvalue weighted by Gasteiger charge is 2.19. The summed E-state index contributed by atoms with van der Waals surface area (Å²) in [6, 6.07) is 3.96. The quantitative estimate of drug-likeness (QED) is 0.558. The molecular formula is C16H18N6OS2. The lowest BCUT2D eigenvalue weighted by atomic mass is 10.3. The summed E-state index contributed by atoms with van der Waals surface area (Å²) in [6.45, 7) is 3.90. The van der Waals surface area contributed by atoms with E-state index in [-0.39, 0.29) is 0 Å². The number of aromatic nitrogens is 2. The minimum atomic E-state index is 0.424. The number of nitrogens with zero attached hydrogens (tertiary/aromatic N) is 5. The van der Waals surface area contributed by atoms with Gasteiger partial charge >= 0.3 is 0 Å². The Bertz CT molecular complexity index is 819. The van der Waals surface area contributed by atoms with Crippen LogP contribution >= 0.6 is 22.7 Å². The molecule has 4 rings (SSSR count). The average molecular weight is 374 g/mol. The maximum absolute atomic E-state index is 6.15. The summed E-state index contributed by atoms with van der Waals surface area (Å²) in [7, 11) is 0. The van der Waals surface area contributed by atoms with Crippen LogP contribution in [0.25, 0.3) is 10.8 Å². The van der Waals surface area contributed by atoms with Crippen molar-refractivity contribution in [3.63, 3.8) is 0 Å². The zero-order valence-corrected chi connectivity index (χ0v) is 15.2. The van der Waals surface area contributed by atoms with Gasteiger partial charge in [0, 0.05) is 37.8 Å². The van der Waals surface area contributed by atoms with Crippen molar-refractivity contribution in [1.29, 1.82) is 0 Å². The van der Waals surface area contributed by atoms with Gasteiger partial charge in [-0.3, -0.25) is 0 Å². The molecule has 0 spiro atoms. The number of aliphatic imine (C=N–C) groups is 1. The molecule has 0 bridgehead atoms. The summed E-state index contributed by atoms with van der Waals surface area (Å²) in [5.74, 6) is 1.19. The minimum absolute atomic E-state index is 0.424. The molecule has 2 N–H and O–H groups in total. The van der Waals surface area contributed by atoms with Gasteiger partial charge in [-0.2, -0.15) is 0 Å². The highest BCUT2D eigenvalue weighted by molar-refractivity contribution is 7.13. The van der Waals surface area contributed by atoms with E-state index in [9.17, 15) is 0 Å². The molecule has 0 atom stereocenters. The van der Waals surface area contributed by atoms with Crippen molar-refractivity contribution in [2.45, 2.75) is 6.54 Å². The van der Waals surface area contributed by atoms with Crippen LogP contribution in [0.5, 0.6) is 0 Å². The molecule has 1 aliphatic heterocycles. The third-order valence-electron chi connectivity index (χ3n) is 3.98. The van der Waals surface area contributed by atoms with Crippen molar-refractivity contribution in [2.75, 3.05) is 31.1 Å². The highest BCUT2D eigenvalue weighted by atomic mass is 32.1. The van der Waals surface area contributed by atoms with Gasteiger partial charge in [0.15, 0.2) is 11.1 Å². The standard InChI is InChI=1S/C16H18N6OS2/c17-15(21-4-6-22(7-5-21)16-18-3-9-25-16)19-10-12-11-23-14(20-12)13-2-1-8-24-13/h1-3,8-9,11H,4-7,10H2,(H2,17,19). The Kier molecular flexibility index (Phi) is 4.66. The number of piperazine rings is 1. The van der Waals surface area contributed by atoms with Gasteiger partial charge in [0.25, 0.3) is 0 Å². The van der Waals surface area contributed by atoms with E-state index in [2.05, 4.69) is 24.8 Å². The van der Waals surface area contributed by atoms with E-state index in [1.165, 1.54) is 0 Å². The van der Waals surface area contributed by atoms with Gasteiger partial charge in [-0.05, 0) is 11.4 Å². The second kappa shape index (κ2) is 7.24. The maximum Gasteiger partial charge on any atom is 0.236 e. The average Bonchev–Trinajstić information content (AvgIpc) is 3.42. The molecule has 0 amide bonds. The Morgan fingerprint density at radius 1 is 1.24 bits per heavy atom. The first-order valence-electron chi connectivity index (χ1n) is 7.97.